The van der Waals surface area contributed by atoms with Crippen LogP contribution in [0, 0.1) is 10.1 Å². The molecule has 0 aliphatic heterocycles. The van der Waals surface area contributed by atoms with Gasteiger partial charge in [-0.15, -0.1) is 0 Å². The van der Waals surface area contributed by atoms with Crippen molar-refractivity contribution in [1.29, 1.82) is 0 Å². The van der Waals surface area contributed by atoms with E-state index in [9.17, 15) is 10.1 Å². The third-order valence-corrected chi connectivity index (χ3v) is 3.20. The number of benzene rings is 2. The Morgan fingerprint density at radius 1 is 1.29 bits per heavy atom. The lowest BCUT2D eigenvalue weighted by molar-refractivity contribution is -0.383. The number of hydrogen-bond donors (Lipinski definition) is 1. The molecule has 2 aromatic carbocycles. The van der Waals surface area contributed by atoms with Gasteiger partial charge >= 0.3 is 0 Å². The molecule has 6 nitrogen and oxygen atoms in total. The van der Waals surface area contributed by atoms with Gasteiger partial charge in [0.1, 0.15) is 11.4 Å². The van der Waals surface area contributed by atoms with Crippen LogP contribution in [0.15, 0.2) is 42.5 Å². The number of nitrogen functional groups attached to an aromatic ring is 1. The summed E-state index contributed by atoms with van der Waals surface area (Å²) in [5, 5.41) is 10.7. The van der Waals surface area contributed by atoms with Crippen LogP contribution in [-0.2, 0) is 6.54 Å². The van der Waals surface area contributed by atoms with Crippen LogP contribution < -0.4 is 15.4 Å². The summed E-state index contributed by atoms with van der Waals surface area (Å²) >= 11 is 0. The Bertz CT molecular complexity index is 658. The molecule has 0 radical (unpaired) electrons. The largest absolute Gasteiger partial charge is 0.497 e. The Morgan fingerprint density at radius 3 is 2.67 bits per heavy atom. The van der Waals surface area contributed by atoms with Crippen molar-refractivity contribution in [2.24, 2.45) is 0 Å². The zero-order valence-electron chi connectivity index (χ0n) is 11.9. The van der Waals surface area contributed by atoms with E-state index in [0.717, 1.165) is 17.0 Å². The molecule has 0 spiro atoms. The quantitative estimate of drug-likeness (QED) is 0.519. The highest BCUT2D eigenvalue weighted by atomic mass is 16.6. The van der Waals surface area contributed by atoms with Crippen molar-refractivity contribution in [1.82, 2.24) is 0 Å². The Hall–Kier alpha value is -2.76. The fourth-order valence-corrected chi connectivity index (χ4v) is 2.08. The van der Waals surface area contributed by atoms with E-state index in [4.69, 9.17) is 10.5 Å². The molecule has 0 aliphatic rings. The Balaban J connectivity index is 2.17. The van der Waals surface area contributed by atoms with Crippen molar-refractivity contribution in [2.45, 2.75) is 6.54 Å². The Kier molecular flexibility index (Phi) is 4.27. The number of nitrogens with two attached hydrogens (primary N) is 1. The van der Waals surface area contributed by atoms with Crippen LogP contribution in [0.4, 0.5) is 17.1 Å². The standard InChI is InChI=1S/C15H17N3O3/c1-17(12-4-3-5-13(9-12)21-2)10-11-6-7-15(18(19)20)14(16)8-11/h3-9H,10,16H2,1-2H3. The fraction of sp³-hybridized carbons (Fsp3) is 0.200. The Morgan fingerprint density at radius 2 is 2.05 bits per heavy atom. The second-order valence-electron chi connectivity index (χ2n) is 4.71. The van der Waals surface area contributed by atoms with Gasteiger partial charge in [0, 0.05) is 31.4 Å². The van der Waals surface area contributed by atoms with E-state index < -0.39 is 4.92 Å². The molecule has 0 saturated heterocycles. The second kappa shape index (κ2) is 6.13. The third-order valence-electron chi connectivity index (χ3n) is 3.20. The minimum absolute atomic E-state index is 0.0669. The summed E-state index contributed by atoms with van der Waals surface area (Å²) in [6.07, 6.45) is 0. The maximum Gasteiger partial charge on any atom is 0.292 e. The first kappa shape index (κ1) is 14.6. The van der Waals surface area contributed by atoms with Gasteiger partial charge in [-0.05, 0) is 23.8 Å². The van der Waals surface area contributed by atoms with Crippen molar-refractivity contribution in [2.75, 3.05) is 24.8 Å². The van der Waals surface area contributed by atoms with Crippen LogP contribution in [0.3, 0.4) is 0 Å². The van der Waals surface area contributed by atoms with Gasteiger partial charge in [0.15, 0.2) is 0 Å². The molecule has 0 saturated carbocycles. The fourth-order valence-electron chi connectivity index (χ4n) is 2.08. The van der Waals surface area contributed by atoms with E-state index in [0.29, 0.717) is 6.54 Å². The monoisotopic (exact) mass is 287 g/mol. The van der Waals surface area contributed by atoms with E-state index in [-0.39, 0.29) is 11.4 Å². The third kappa shape index (κ3) is 3.42. The molecule has 0 bridgehead atoms. The normalized spacial score (nSPS) is 10.2. The van der Waals surface area contributed by atoms with Crippen molar-refractivity contribution >= 4 is 17.1 Å². The Labute approximate surface area is 122 Å². The number of methoxy groups -OCH3 is 1. The molecule has 0 aromatic heterocycles. The van der Waals surface area contributed by atoms with Gasteiger partial charge in [0.2, 0.25) is 0 Å². The molecule has 21 heavy (non-hydrogen) atoms. The van der Waals surface area contributed by atoms with Crippen molar-refractivity contribution in [3.05, 3.63) is 58.1 Å². The van der Waals surface area contributed by atoms with Crippen LogP contribution in [0.5, 0.6) is 5.75 Å². The van der Waals surface area contributed by atoms with Gasteiger partial charge in [0.25, 0.3) is 5.69 Å². The summed E-state index contributed by atoms with van der Waals surface area (Å²) in [6, 6.07) is 12.5. The second-order valence-corrected chi connectivity index (χ2v) is 4.71. The van der Waals surface area contributed by atoms with Crippen molar-refractivity contribution in [3.63, 3.8) is 0 Å². The van der Waals surface area contributed by atoms with E-state index in [1.54, 1.807) is 19.2 Å². The lowest BCUT2D eigenvalue weighted by Gasteiger charge is -2.20. The minimum atomic E-state index is -0.481. The van der Waals surface area contributed by atoms with E-state index in [2.05, 4.69) is 0 Å². The number of ether oxygens (including phenoxy) is 1. The molecule has 110 valence electrons. The van der Waals surface area contributed by atoms with E-state index >= 15 is 0 Å². The maximum atomic E-state index is 10.7. The lowest BCUT2D eigenvalue weighted by Crippen LogP contribution is -2.16. The zero-order chi connectivity index (χ0) is 15.4. The van der Waals surface area contributed by atoms with Crippen molar-refractivity contribution < 1.29 is 9.66 Å². The molecule has 0 amide bonds. The number of anilines is 2. The van der Waals surface area contributed by atoms with Crippen molar-refractivity contribution in [3.8, 4) is 5.75 Å². The molecule has 2 rings (SSSR count). The van der Waals surface area contributed by atoms with Crippen LogP contribution in [0.1, 0.15) is 5.56 Å². The van der Waals surface area contributed by atoms with Gasteiger partial charge in [0.05, 0.1) is 12.0 Å². The molecule has 0 unspecified atom stereocenters. The van der Waals surface area contributed by atoms with E-state index in [1.165, 1.54) is 6.07 Å². The van der Waals surface area contributed by atoms with Crippen LogP contribution in [0.2, 0.25) is 0 Å². The maximum absolute atomic E-state index is 10.7. The van der Waals surface area contributed by atoms with E-state index in [1.807, 2.05) is 36.2 Å². The first-order chi connectivity index (χ1) is 10.0. The highest BCUT2D eigenvalue weighted by Gasteiger charge is 2.12. The highest BCUT2D eigenvalue weighted by Crippen LogP contribution is 2.25. The van der Waals surface area contributed by atoms with Gasteiger partial charge in [-0.3, -0.25) is 10.1 Å². The molecule has 0 atom stereocenters. The average Bonchev–Trinajstić information content (AvgIpc) is 2.47. The molecule has 2 N–H and O–H groups in total. The van der Waals surface area contributed by atoms with Gasteiger partial charge in [-0.2, -0.15) is 0 Å². The van der Waals surface area contributed by atoms with Crippen LogP contribution in [0.25, 0.3) is 0 Å². The summed E-state index contributed by atoms with van der Waals surface area (Å²) < 4.78 is 5.19. The molecular formula is C15H17N3O3. The number of hydrogen-bond acceptors (Lipinski definition) is 5. The molecule has 0 heterocycles. The first-order valence-electron chi connectivity index (χ1n) is 6.39. The lowest BCUT2D eigenvalue weighted by atomic mass is 10.1. The van der Waals surface area contributed by atoms with Crippen LogP contribution in [-0.4, -0.2) is 19.1 Å². The number of nitrogens with zero attached hydrogens (tertiary/aromatic N) is 2. The first-order valence-corrected chi connectivity index (χ1v) is 6.39. The van der Waals surface area contributed by atoms with Crippen LogP contribution >= 0.6 is 0 Å². The summed E-state index contributed by atoms with van der Waals surface area (Å²) in [5.41, 5.74) is 7.71. The molecule has 0 aliphatic carbocycles. The smallest absolute Gasteiger partial charge is 0.292 e. The molecule has 2 aromatic rings. The number of rotatable bonds is 5. The van der Waals surface area contributed by atoms with Gasteiger partial charge < -0.3 is 15.4 Å². The topological polar surface area (TPSA) is 81.6 Å². The zero-order valence-corrected chi connectivity index (χ0v) is 11.9. The number of nitro groups is 1. The predicted molar refractivity (Wildman–Crippen MR) is 82.6 cm³/mol. The highest BCUT2D eigenvalue weighted by molar-refractivity contribution is 5.60. The van der Waals surface area contributed by atoms with Gasteiger partial charge in [-0.25, -0.2) is 0 Å². The summed E-state index contributed by atoms with van der Waals surface area (Å²) in [4.78, 5) is 12.3. The summed E-state index contributed by atoms with van der Waals surface area (Å²) in [5.74, 6) is 0.780. The minimum Gasteiger partial charge on any atom is -0.497 e. The molecule has 0 fully saturated rings. The molecule has 6 heteroatoms. The number of nitro benzene ring substituents is 1. The SMILES string of the molecule is COc1cccc(N(C)Cc2ccc([N+](=O)[O-])c(N)c2)c1. The predicted octanol–water partition coefficient (Wildman–Crippen LogP) is 2.82. The molecular weight excluding hydrogens is 270 g/mol. The van der Waals surface area contributed by atoms with Gasteiger partial charge in [-0.1, -0.05) is 12.1 Å². The summed E-state index contributed by atoms with van der Waals surface area (Å²) in [6.45, 7) is 0.593. The summed E-state index contributed by atoms with van der Waals surface area (Å²) in [7, 11) is 3.56. The average molecular weight is 287 g/mol.